The summed E-state index contributed by atoms with van der Waals surface area (Å²) in [6, 6.07) is -0.713. The topological polar surface area (TPSA) is 118 Å². The van der Waals surface area contributed by atoms with E-state index < -0.39 is 31.9 Å². The van der Waals surface area contributed by atoms with Gasteiger partial charge in [-0.05, 0) is 30.7 Å². The van der Waals surface area contributed by atoms with Crippen LogP contribution >= 0.6 is 11.3 Å². The summed E-state index contributed by atoms with van der Waals surface area (Å²) in [5.74, 6) is -1.51. The van der Waals surface area contributed by atoms with Gasteiger partial charge >= 0.3 is 5.97 Å². The Bertz CT molecular complexity index is 762. The highest BCUT2D eigenvalue weighted by molar-refractivity contribution is 7.91. The molecule has 0 aliphatic carbocycles. The van der Waals surface area contributed by atoms with Gasteiger partial charge in [0.25, 0.3) is 0 Å². The number of thiophene rings is 1. The average molecular weight is 353 g/mol. The summed E-state index contributed by atoms with van der Waals surface area (Å²) in [4.78, 5) is 10.6. The number of carboxylic acids is 1. The second kappa shape index (κ2) is 5.67. The van der Waals surface area contributed by atoms with E-state index in [9.17, 15) is 21.6 Å². The summed E-state index contributed by atoms with van der Waals surface area (Å²) in [7, 11) is -7.31. The number of rotatable bonds is 4. The number of carbonyl (C=O) groups is 1. The first-order chi connectivity index (χ1) is 9.62. The summed E-state index contributed by atoms with van der Waals surface area (Å²) in [6.07, 6.45) is 0.813. The van der Waals surface area contributed by atoms with Crippen LogP contribution in [0.3, 0.4) is 0 Å². The van der Waals surface area contributed by atoms with Crippen LogP contribution in [-0.2, 0) is 19.9 Å². The number of aromatic carboxylic acids is 1. The number of carboxylic acid groups (broad SMARTS) is 1. The van der Waals surface area contributed by atoms with Gasteiger partial charge < -0.3 is 5.11 Å². The smallest absolute Gasteiger partial charge is 0.347 e. The van der Waals surface area contributed by atoms with Crippen molar-refractivity contribution in [3.63, 3.8) is 0 Å². The van der Waals surface area contributed by atoms with Crippen LogP contribution in [0.25, 0.3) is 0 Å². The third kappa shape index (κ3) is 3.62. The summed E-state index contributed by atoms with van der Waals surface area (Å²) >= 11 is 0.836. The van der Waals surface area contributed by atoms with E-state index >= 15 is 0 Å². The van der Waals surface area contributed by atoms with Crippen molar-refractivity contribution in [1.29, 1.82) is 0 Å². The monoisotopic (exact) mass is 353 g/mol. The second-order valence-corrected chi connectivity index (χ2v) is 9.72. The summed E-state index contributed by atoms with van der Waals surface area (Å²) in [6.45, 7) is 1.51. The molecule has 0 radical (unpaired) electrons. The number of hydrogen-bond acceptors (Lipinski definition) is 6. The molecule has 1 aromatic rings. The van der Waals surface area contributed by atoms with Crippen molar-refractivity contribution < 1.29 is 26.7 Å². The Morgan fingerprint density at radius 2 is 2.14 bits per heavy atom. The van der Waals surface area contributed by atoms with Gasteiger partial charge in [0.05, 0.1) is 11.5 Å². The quantitative estimate of drug-likeness (QED) is 0.819. The van der Waals surface area contributed by atoms with Crippen molar-refractivity contribution in [2.75, 3.05) is 11.5 Å². The zero-order chi connectivity index (χ0) is 15.8. The number of sulfonamides is 1. The van der Waals surface area contributed by atoms with Gasteiger partial charge in [-0.15, -0.1) is 11.3 Å². The van der Waals surface area contributed by atoms with Crippen molar-refractivity contribution in [2.45, 2.75) is 30.7 Å². The Kier molecular flexibility index (Phi) is 4.43. The highest BCUT2D eigenvalue weighted by atomic mass is 32.2. The van der Waals surface area contributed by atoms with Crippen molar-refractivity contribution in [3.8, 4) is 0 Å². The van der Waals surface area contributed by atoms with Crippen LogP contribution in [0.2, 0.25) is 0 Å². The van der Waals surface area contributed by atoms with Crippen molar-refractivity contribution >= 4 is 37.2 Å². The maximum Gasteiger partial charge on any atom is 0.347 e. The molecule has 2 rings (SSSR count). The molecule has 1 aliphatic heterocycles. The fraction of sp³-hybridized carbons (Fsp3) is 0.545. The number of aryl methyl sites for hydroxylation is 1. The first-order valence-electron chi connectivity index (χ1n) is 6.16. The summed E-state index contributed by atoms with van der Waals surface area (Å²) < 4.78 is 50.1. The van der Waals surface area contributed by atoms with Crippen molar-refractivity contribution in [1.82, 2.24) is 4.72 Å². The SMILES string of the molecule is Cc1csc(C(=O)O)c1S(=O)(=O)NC1CCCS(=O)(=O)C1. The Morgan fingerprint density at radius 1 is 1.48 bits per heavy atom. The Labute approximate surface area is 127 Å². The maximum absolute atomic E-state index is 12.4. The molecule has 7 nitrogen and oxygen atoms in total. The zero-order valence-corrected chi connectivity index (χ0v) is 13.6. The van der Waals surface area contributed by atoms with Crippen LogP contribution in [0, 0.1) is 6.92 Å². The highest BCUT2D eigenvalue weighted by Gasteiger charge is 2.32. The van der Waals surface area contributed by atoms with Gasteiger partial charge in [-0.2, -0.15) is 0 Å². The minimum absolute atomic E-state index is 0.0586. The van der Waals surface area contributed by atoms with E-state index in [4.69, 9.17) is 5.11 Å². The standard InChI is InChI=1S/C11H15NO6S3/c1-7-5-19-9(11(13)14)10(7)21(17,18)12-8-3-2-4-20(15,16)6-8/h5,8,12H,2-4,6H2,1H3,(H,13,14). The van der Waals surface area contributed by atoms with E-state index in [2.05, 4.69) is 4.72 Å². The predicted molar refractivity (Wildman–Crippen MR) is 78.0 cm³/mol. The Hall–Kier alpha value is -0.970. The third-order valence-electron chi connectivity index (χ3n) is 3.17. The lowest BCUT2D eigenvalue weighted by Gasteiger charge is -2.23. The van der Waals surface area contributed by atoms with Crippen LogP contribution in [0.5, 0.6) is 0 Å². The van der Waals surface area contributed by atoms with Crippen LogP contribution in [0.15, 0.2) is 10.3 Å². The van der Waals surface area contributed by atoms with Gasteiger partial charge in [0.1, 0.15) is 9.77 Å². The van der Waals surface area contributed by atoms with E-state index in [0.717, 1.165) is 11.3 Å². The van der Waals surface area contributed by atoms with Crippen LogP contribution in [0.1, 0.15) is 28.1 Å². The van der Waals surface area contributed by atoms with Crippen LogP contribution in [0.4, 0.5) is 0 Å². The van der Waals surface area contributed by atoms with E-state index in [-0.39, 0.29) is 21.3 Å². The fourth-order valence-electron chi connectivity index (χ4n) is 2.31. The molecule has 1 fully saturated rings. The summed E-state index contributed by atoms with van der Waals surface area (Å²) in [5, 5.41) is 10.5. The molecule has 0 bridgehead atoms. The summed E-state index contributed by atoms with van der Waals surface area (Å²) in [5.41, 5.74) is 0.337. The molecule has 0 spiro atoms. The fourth-order valence-corrected chi connectivity index (χ4v) is 6.95. The maximum atomic E-state index is 12.4. The molecule has 2 heterocycles. The first kappa shape index (κ1) is 16.4. The molecule has 10 heteroatoms. The molecule has 21 heavy (non-hydrogen) atoms. The van der Waals surface area contributed by atoms with E-state index in [1.54, 1.807) is 0 Å². The number of hydrogen-bond donors (Lipinski definition) is 2. The Morgan fingerprint density at radius 3 is 2.71 bits per heavy atom. The molecule has 1 saturated heterocycles. The van der Waals surface area contributed by atoms with Crippen molar-refractivity contribution in [3.05, 3.63) is 15.8 Å². The van der Waals surface area contributed by atoms with Gasteiger partial charge in [-0.3, -0.25) is 0 Å². The molecule has 1 aliphatic rings. The molecule has 1 aromatic heterocycles. The van der Waals surface area contributed by atoms with E-state index in [1.807, 2.05) is 0 Å². The number of sulfone groups is 1. The normalized spacial score (nSPS) is 22.0. The second-order valence-electron chi connectivity index (χ2n) is 4.96. The molecule has 1 unspecified atom stereocenters. The molecule has 0 saturated carbocycles. The van der Waals surface area contributed by atoms with Crippen LogP contribution < -0.4 is 4.72 Å². The zero-order valence-electron chi connectivity index (χ0n) is 11.2. The van der Waals surface area contributed by atoms with Gasteiger partial charge in [0, 0.05) is 6.04 Å². The van der Waals surface area contributed by atoms with E-state index in [1.165, 1.54) is 12.3 Å². The minimum Gasteiger partial charge on any atom is -0.477 e. The van der Waals surface area contributed by atoms with E-state index in [0.29, 0.717) is 18.4 Å². The van der Waals surface area contributed by atoms with Gasteiger partial charge in [-0.1, -0.05) is 0 Å². The third-order valence-corrected chi connectivity index (χ3v) is 7.91. The Balaban J connectivity index is 2.31. The minimum atomic E-state index is -4.06. The van der Waals surface area contributed by atoms with Crippen LogP contribution in [-0.4, -0.2) is 45.5 Å². The molecule has 0 amide bonds. The predicted octanol–water partition coefficient (Wildman–Crippen LogP) is 0.610. The largest absolute Gasteiger partial charge is 0.477 e. The van der Waals surface area contributed by atoms with Crippen molar-refractivity contribution in [2.24, 2.45) is 0 Å². The molecule has 118 valence electrons. The molecule has 1 atom stereocenters. The number of nitrogens with one attached hydrogen (secondary N) is 1. The van der Waals surface area contributed by atoms with Gasteiger partial charge in [-0.25, -0.2) is 26.4 Å². The highest BCUT2D eigenvalue weighted by Crippen LogP contribution is 2.27. The first-order valence-corrected chi connectivity index (χ1v) is 10.3. The molecular formula is C11H15NO6S3. The lowest BCUT2D eigenvalue weighted by atomic mass is 10.2. The molecule has 2 N–H and O–H groups in total. The lowest BCUT2D eigenvalue weighted by Crippen LogP contribution is -2.43. The average Bonchev–Trinajstić information content (AvgIpc) is 2.70. The molecule has 0 aromatic carbocycles. The molecular weight excluding hydrogens is 338 g/mol. The van der Waals surface area contributed by atoms with Gasteiger partial charge in [0.15, 0.2) is 9.84 Å². The lowest BCUT2D eigenvalue weighted by molar-refractivity contribution is 0.0698. The van der Waals surface area contributed by atoms with Gasteiger partial charge in [0.2, 0.25) is 10.0 Å².